The Balaban J connectivity index is 1.37. The van der Waals surface area contributed by atoms with E-state index in [2.05, 4.69) is 20.9 Å². The van der Waals surface area contributed by atoms with Crippen LogP contribution in [0.2, 0.25) is 0 Å². The highest BCUT2D eigenvalue weighted by Gasteiger charge is 2.51. The van der Waals surface area contributed by atoms with E-state index in [1.165, 1.54) is 25.9 Å². The Kier molecular flexibility index (Phi) is 3.02. The summed E-state index contributed by atoms with van der Waals surface area (Å²) in [6.45, 7) is 6.59. The summed E-state index contributed by atoms with van der Waals surface area (Å²) in [6, 6.07) is 0.539. The first-order chi connectivity index (χ1) is 8.92. The Morgan fingerprint density at radius 3 is 3.28 bits per heavy atom. The molecule has 4 N–H and O–H groups in total. The molecular formula is C12H24N5O+. The lowest BCUT2D eigenvalue weighted by atomic mass is 10.1. The predicted octanol–water partition coefficient (Wildman–Crippen LogP) is -2.90. The largest absolute Gasteiger partial charge is 0.377 e. The quantitative estimate of drug-likeness (QED) is 0.435. The highest BCUT2D eigenvalue weighted by atomic mass is 16.5. The van der Waals surface area contributed by atoms with Gasteiger partial charge in [-0.15, -0.1) is 0 Å². The molecule has 0 amide bonds. The van der Waals surface area contributed by atoms with Gasteiger partial charge in [0.15, 0.2) is 6.17 Å². The van der Waals surface area contributed by atoms with Crippen LogP contribution in [0.4, 0.5) is 0 Å². The third-order valence-electron chi connectivity index (χ3n) is 4.90. The second kappa shape index (κ2) is 4.70. The second-order valence-electron chi connectivity index (χ2n) is 5.96. The maximum atomic E-state index is 5.68. The Labute approximate surface area is 108 Å². The fraction of sp³-hybridized carbons (Fsp3) is 1.00. The molecule has 4 heterocycles. The van der Waals surface area contributed by atoms with Gasteiger partial charge in [0.2, 0.25) is 0 Å². The molecule has 102 valence electrons. The number of nitrogens with zero attached hydrogens (tertiary/aromatic N) is 1. The van der Waals surface area contributed by atoms with E-state index in [-0.39, 0.29) is 0 Å². The second-order valence-corrected chi connectivity index (χ2v) is 5.96. The molecule has 18 heavy (non-hydrogen) atoms. The van der Waals surface area contributed by atoms with Crippen molar-refractivity contribution in [1.29, 1.82) is 0 Å². The fourth-order valence-electron chi connectivity index (χ4n) is 3.95. The van der Waals surface area contributed by atoms with Gasteiger partial charge in [0.05, 0.1) is 32.0 Å². The molecule has 0 spiro atoms. The number of ether oxygens (including phenoxy) is 1. The summed E-state index contributed by atoms with van der Waals surface area (Å²) in [5, 5.41) is 11.0. The van der Waals surface area contributed by atoms with Crippen molar-refractivity contribution >= 4 is 0 Å². The molecule has 4 saturated heterocycles. The maximum absolute atomic E-state index is 5.68. The molecule has 0 aliphatic carbocycles. The van der Waals surface area contributed by atoms with Gasteiger partial charge in [-0.3, -0.25) is 16.0 Å². The third kappa shape index (κ3) is 1.88. The zero-order valence-corrected chi connectivity index (χ0v) is 10.8. The standard InChI is InChI=1S/C12H23N5O/c1-2-9(18-5-1)6-13-11-10-12-16(7-14-10)3-4-17(12)8-15-11/h9-15H,1-8H2/p+1. The van der Waals surface area contributed by atoms with Crippen molar-refractivity contribution in [3.8, 4) is 0 Å². The zero-order chi connectivity index (χ0) is 11.9. The molecule has 4 fully saturated rings. The molecule has 5 atom stereocenters. The van der Waals surface area contributed by atoms with Crippen molar-refractivity contribution in [2.24, 2.45) is 0 Å². The maximum Gasteiger partial charge on any atom is 0.164 e. The van der Waals surface area contributed by atoms with E-state index in [4.69, 9.17) is 4.74 Å². The summed E-state index contributed by atoms with van der Waals surface area (Å²) in [4.78, 5) is 4.28. The number of quaternary nitrogens is 1. The third-order valence-corrected chi connectivity index (χ3v) is 4.90. The van der Waals surface area contributed by atoms with Crippen molar-refractivity contribution in [3.05, 3.63) is 0 Å². The molecule has 0 saturated carbocycles. The van der Waals surface area contributed by atoms with Crippen LogP contribution in [0.1, 0.15) is 12.8 Å². The number of hydrogen-bond donors (Lipinski definition) is 4. The molecule has 0 bridgehead atoms. The van der Waals surface area contributed by atoms with E-state index < -0.39 is 0 Å². The topological polar surface area (TPSA) is 53.0 Å². The average molecular weight is 254 g/mol. The molecule has 5 unspecified atom stereocenters. The lowest BCUT2D eigenvalue weighted by Gasteiger charge is -2.38. The van der Waals surface area contributed by atoms with Crippen molar-refractivity contribution < 1.29 is 9.64 Å². The SMILES string of the molecule is C1COC(CNC2NC[NH+]3CCN4CNC2C43)C1. The summed E-state index contributed by atoms with van der Waals surface area (Å²) in [5.41, 5.74) is 0. The van der Waals surface area contributed by atoms with Crippen molar-refractivity contribution in [2.45, 2.75) is 37.3 Å². The normalized spacial score (nSPS) is 47.7. The molecule has 0 radical (unpaired) electrons. The lowest BCUT2D eigenvalue weighted by molar-refractivity contribution is -0.926. The van der Waals surface area contributed by atoms with E-state index in [0.717, 1.165) is 26.5 Å². The molecule has 0 aromatic heterocycles. The van der Waals surface area contributed by atoms with E-state index in [9.17, 15) is 0 Å². The minimum absolute atomic E-state index is 0.394. The van der Waals surface area contributed by atoms with Crippen LogP contribution >= 0.6 is 0 Å². The summed E-state index contributed by atoms with van der Waals surface area (Å²) in [5.74, 6) is 0. The summed E-state index contributed by atoms with van der Waals surface area (Å²) in [6.07, 6.45) is 3.93. The Bertz CT molecular complexity index is 309. The van der Waals surface area contributed by atoms with Gasteiger partial charge in [-0.25, -0.2) is 4.90 Å². The number of rotatable bonds is 3. The molecule has 4 aliphatic rings. The molecule has 6 heteroatoms. The van der Waals surface area contributed by atoms with Crippen LogP contribution in [0.15, 0.2) is 0 Å². The minimum atomic E-state index is 0.394. The van der Waals surface area contributed by atoms with Gasteiger partial charge in [-0.1, -0.05) is 0 Å². The summed E-state index contributed by atoms with van der Waals surface area (Å²) >= 11 is 0. The Hall–Kier alpha value is -0.240. The van der Waals surface area contributed by atoms with E-state index in [1.807, 2.05) is 0 Å². The van der Waals surface area contributed by atoms with Crippen molar-refractivity contribution in [1.82, 2.24) is 20.9 Å². The van der Waals surface area contributed by atoms with Crippen LogP contribution in [0.5, 0.6) is 0 Å². The van der Waals surface area contributed by atoms with Gasteiger partial charge < -0.3 is 9.64 Å². The van der Waals surface area contributed by atoms with Gasteiger partial charge in [-0.2, -0.15) is 0 Å². The van der Waals surface area contributed by atoms with Gasteiger partial charge >= 0.3 is 0 Å². The van der Waals surface area contributed by atoms with Gasteiger partial charge in [-0.05, 0) is 12.8 Å². The molecular weight excluding hydrogens is 230 g/mol. The summed E-state index contributed by atoms with van der Waals surface area (Å²) < 4.78 is 5.68. The van der Waals surface area contributed by atoms with Gasteiger partial charge in [0.25, 0.3) is 0 Å². The van der Waals surface area contributed by atoms with Crippen LogP contribution in [-0.4, -0.2) is 69.0 Å². The van der Waals surface area contributed by atoms with Crippen molar-refractivity contribution in [2.75, 3.05) is 39.6 Å². The first-order valence-corrected chi connectivity index (χ1v) is 7.32. The number of hydrogen-bond acceptors (Lipinski definition) is 5. The van der Waals surface area contributed by atoms with Crippen LogP contribution in [0, 0.1) is 0 Å². The molecule has 0 aromatic rings. The average Bonchev–Trinajstić information content (AvgIpc) is 3.10. The number of nitrogens with one attached hydrogen (secondary N) is 4. The Morgan fingerprint density at radius 1 is 1.39 bits per heavy atom. The van der Waals surface area contributed by atoms with E-state index >= 15 is 0 Å². The zero-order valence-electron chi connectivity index (χ0n) is 10.8. The van der Waals surface area contributed by atoms with Crippen LogP contribution in [0.3, 0.4) is 0 Å². The molecule has 6 nitrogen and oxygen atoms in total. The monoisotopic (exact) mass is 254 g/mol. The predicted molar refractivity (Wildman–Crippen MR) is 66.9 cm³/mol. The highest BCUT2D eigenvalue weighted by Crippen LogP contribution is 2.15. The summed E-state index contributed by atoms with van der Waals surface area (Å²) in [7, 11) is 0. The molecule has 4 aliphatic heterocycles. The van der Waals surface area contributed by atoms with Crippen LogP contribution in [-0.2, 0) is 4.74 Å². The molecule has 0 aromatic carbocycles. The smallest absolute Gasteiger partial charge is 0.164 e. The minimum Gasteiger partial charge on any atom is -0.377 e. The lowest BCUT2D eigenvalue weighted by Crippen LogP contribution is -3.19. The van der Waals surface area contributed by atoms with Gasteiger partial charge in [0.1, 0.15) is 12.7 Å². The fourth-order valence-corrected chi connectivity index (χ4v) is 3.95. The van der Waals surface area contributed by atoms with E-state index in [1.54, 1.807) is 4.90 Å². The Morgan fingerprint density at radius 2 is 2.39 bits per heavy atom. The first-order valence-electron chi connectivity index (χ1n) is 7.32. The van der Waals surface area contributed by atoms with Gasteiger partial charge in [0, 0.05) is 13.2 Å². The van der Waals surface area contributed by atoms with Crippen LogP contribution < -0.4 is 20.9 Å². The van der Waals surface area contributed by atoms with Crippen molar-refractivity contribution in [3.63, 3.8) is 0 Å². The van der Waals surface area contributed by atoms with Crippen LogP contribution in [0.25, 0.3) is 0 Å². The molecule has 4 rings (SSSR count). The van der Waals surface area contributed by atoms with E-state index in [0.29, 0.717) is 24.5 Å². The first kappa shape index (κ1) is 11.6. The highest BCUT2D eigenvalue weighted by molar-refractivity contribution is 4.95.